The first-order valence-electron chi connectivity index (χ1n) is 7.63. The zero-order valence-electron chi connectivity index (χ0n) is 13.2. The molecule has 0 aliphatic carbocycles. The van der Waals surface area contributed by atoms with Gasteiger partial charge in [-0.25, -0.2) is 26.3 Å². The Bertz CT molecular complexity index is 836. The molecule has 2 aromatic carbocycles. The normalized spacial score (nSPS) is 14.7. The van der Waals surface area contributed by atoms with Crippen LogP contribution in [0.25, 0.3) is 0 Å². The summed E-state index contributed by atoms with van der Waals surface area (Å²) in [6, 6.07) is 5.95. The van der Waals surface area contributed by atoms with Gasteiger partial charge < -0.3 is 9.80 Å². The highest BCUT2D eigenvalue weighted by Crippen LogP contribution is 2.25. The molecule has 1 aliphatic heterocycles. The number of carbonyl (C=O) groups is 1. The van der Waals surface area contributed by atoms with Gasteiger partial charge in [0.25, 0.3) is 5.91 Å². The second-order valence-corrected chi connectivity index (χ2v) is 5.68. The highest BCUT2D eigenvalue weighted by atomic mass is 19.2. The average Bonchev–Trinajstić information content (AvgIpc) is 2.65. The van der Waals surface area contributed by atoms with Crippen LogP contribution in [0.1, 0.15) is 10.4 Å². The minimum absolute atomic E-state index is 0.0628. The third kappa shape index (κ3) is 2.97. The van der Waals surface area contributed by atoms with Crippen LogP contribution in [-0.2, 0) is 0 Å². The maximum Gasteiger partial charge on any atom is 0.260 e. The van der Waals surface area contributed by atoms with Crippen molar-refractivity contribution in [3.05, 3.63) is 64.7 Å². The summed E-state index contributed by atoms with van der Waals surface area (Å²) in [4.78, 5) is 14.9. The number of anilines is 1. The van der Waals surface area contributed by atoms with Gasteiger partial charge in [-0.3, -0.25) is 4.79 Å². The fraction of sp³-hybridized carbons (Fsp3) is 0.235. The van der Waals surface area contributed by atoms with Crippen molar-refractivity contribution in [2.45, 2.75) is 0 Å². The summed E-state index contributed by atoms with van der Waals surface area (Å²) in [6.07, 6.45) is 0. The molecule has 3 nitrogen and oxygen atoms in total. The standard InChI is InChI=1S/C17H12F6N2O/c18-9-3-1-2-4-10(9)24-5-7-25(8-6-24)17(26)11-12(19)14(21)16(23)15(22)13(11)20/h1-4H,5-8H2. The number of rotatable bonds is 2. The van der Waals surface area contributed by atoms with Crippen molar-refractivity contribution < 1.29 is 31.1 Å². The van der Waals surface area contributed by atoms with Gasteiger partial charge in [0, 0.05) is 26.2 Å². The summed E-state index contributed by atoms with van der Waals surface area (Å²) in [5.41, 5.74) is -1.18. The highest BCUT2D eigenvalue weighted by molar-refractivity contribution is 5.95. The van der Waals surface area contributed by atoms with Gasteiger partial charge in [-0.05, 0) is 12.1 Å². The Labute approximate surface area is 144 Å². The Morgan fingerprint density at radius 3 is 1.77 bits per heavy atom. The van der Waals surface area contributed by atoms with Gasteiger partial charge in [-0.2, -0.15) is 0 Å². The first-order valence-corrected chi connectivity index (χ1v) is 7.63. The van der Waals surface area contributed by atoms with Crippen molar-refractivity contribution in [3.8, 4) is 0 Å². The Kier molecular flexibility index (Phi) is 4.80. The highest BCUT2D eigenvalue weighted by Gasteiger charge is 2.33. The molecule has 0 N–H and O–H groups in total. The molecule has 3 rings (SSSR count). The largest absolute Gasteiger partial charge is 0.366 e. The number of benzene rings is 2. The van der Waals surface area contributed by atoms with Gasteiger partial charge in [0.1, 0.15) is 11.4 Å². The molecule has 1 heterocycles. The summed E-state index contributed by atoms with van der Waals surface area (Å²) in [7, 11) is 0. The van der Waals surface area contributed by atoms with Crippen molar-refractivity contribution in [1.29, 1.82) is 0 Å². The van der Waals surface area contributed by atoms with Gasteiger partial charge in [-0.1, -0.05) is 12.1 Å². The molecule has 0 atom stereocenters. The zero-order valence-corrected chi connectivity index (χ0v) is 13.2. The number of nitrogens with zero attached hydrogens (tertiary/aromatic N) is 2. The SMILES string of the molecule is O=C(c1c(F)c(F)c(F)c(F)c1F)N1CCN(c2ccccc2F)CC1. The molecule has 1 fully saturated rings. The molecule has 1 saturated heterocycles. The van der Waals surface area contributed by atoms with E-state index in [9.17, 15) is 31.1 Å². The maximum absolute atomic E-state index is 13.8. The summed E-state index contributed by atoms with van der Waals surface area (Å²) < 4.78 is 81.0. The smallest absolute Gasteiger partial charge is 0.260 e. The summed E-state index contributed by atoms with van der Waals surface area (Å²) in [6.45, 7) is 0.156. The Morgan fingerprint density at radius 2 is 1.23 bits per heavy atom. The Morgan fingerprint density at radius 1 is 0.731 bits per heavy atom. The summed E-state index contributed by atoms with van der Waals surface area (Å²) in [5.74, 6) is -12.8. The lowest BCUT2D eigenvalue weighted by Gasteiger charge is -2.36. The molecule has 0 saturated carbocycles. The molecular weight excluding hydrogens is 362 g/mol. The van der Waals surface area contributed by atoms with Crippen molar-refractivity contribution in [3.63, 3.8) is 0 Å². The van der Waals surface area contributed by atoms with Gasteiger partial charge in [0.05, 0.1) is 5.69 Å². The van der Waals surface area contributed by atoms with Crippen molar-refractivity contribution >= 4 is 11.6 Å². The van der Waals surface area contributed by atoms with Crippen LogP contribution in [0.5, 0.6) is 0 Å². The molecule has 0 spiro atoms. The molecule has 0 radical (unpaired) electrons. The van der Waals surface area contributed by atoms with Crippen LogP contribution in [-0.4, -0.2) is 37.0 Å². The van der Waals surface area contributed by atoms with E-state index in [-0.39, 0.29) is 26.2 Å². The second kappa shape index (κ2) is 6.89. The fourth-order valence-electron chi connectivity index (χ4n) is 2.81. The van der Waals surface area contributed by atoms with E-state index in [1.807, 2.05) is 0 Å². The Balaban J connectivity index is 1.81. The van der Waals surface area contributed by atoms with E-state index in [2.05, 4.69) is 0 Å². The predicted octanol–water partition coefficient (Wildman–Crippen LogP) is 3.48. The molecule has 0 aromatic heterocycles. The van der Waals surface area contributed by atoms with Crippen LogP contribution >= 0.6 is 0 Å². The lowest BCUT2D eigenvalue weighted by molar-refractivity contribution is 0.0733. The number of carbonyl (C=O) groups excluding carboxylic acids is 1. The first-order chi connectivity index (χ1) is 12.3. The van der Waals surface area contributed by atoms with Crippen LogP contribution in [0.4, 0.5) is 32.0 Å². The van der Waals surface area contributed by atoms with Crippen LogP contribution in [0.3, 0.4) is 0 Å². The molecular formula is C17H12F6N2O. The molecule has 1 amide bonds. The molecule has 0 unspecified atom stereocenters. The minimum Gasteiger partial charge on any atom is -0.366 e. The number of halogens is 6. The minimum atomic E-state index is -2.32. The van der Waals surface area contributed by atoms with Crippen LogP contribution in [0.2, 0.25) is 0 Å². The lowest BCUT2D eigenvalue weighted by Crippen LogP contribution is -2.49. The average molecular weight is 374 g/mol. The molecule has 138 valence electrons. The number of hydrogen-bond donors (Lipinski definition) is 0. The summed E-state index contributed by atoms with van der Waals surface area (Å²) >= 11 is 0. The number of amides is 1. The van der Waals surface area contributed by atoms with Gasteiger partial charge >= 0.3 is 0 Å². The van der Waals surface area contributed by atoms with Crippen molar-refractivity contribution in [2.24, 2.45) is 0 Å². The maximum atomic E-state index is 13.8. The van der Waals surface area contributed by atoms with E-state index >= 15 is 0 Å². The van der Waals surface area contributed by atoms with Gasteiger partial charge in [0.15, 0.2) is 23.3 Å². The van der Waals surface area contributed by atoms with E-state index in [4.69, 9.17) is 0 Å². The van der Waals surface area contributed by atoms with E-state index in [0.717, 1.165) is 4.90 Å². The lowest BCUT2D eigenvalue weighted by atomic mass is 10.1. The van der Waals surface area contributed by atoms with Crippen molar-refractivity contribution in [2.75, 3.05) is 31.1 Å². The van der Waals surface area contributed by atoms with Crippen LogP contribution in [0, 0.1) is 34.9 Å². The predicted molar refractivity (Wildman–Crippen MR) is 80.7 cm³/mol. The molecule has 9 heteroatoms. The second-order valence-electron chi connectivity index (χ2n) is 5.68. The van der Waals surface area contributed by atoms with E-state index in [0.29, 0.717) is 5.69 Å². The van der Waals surface area contributed by atoms with E-state index < -0.39 is 46.4 Å². The number of hydrogen-bond acceptors (Lipinski definition) is 2. The molecule has 26 heavy (non-hydrogen) atoms. The third-order valence-corrected chi connectivity index (χ3v) is 4.18. The van der Waals surface area contributed by atoms with E-state index in [1.54, 1.807) is 11.0 Å². The fourth-order valence-corrected chi connectivity index (χ4v) is 2.81. The van der Waals surface area contributed by atoms with Gasteiger partial charge in [-0.15, -0.1) is 0 Å². The third-order valence-electron chi connectivity index (χ3n) is 4.18. The number of piperazine rings is 1. The van der Waals surface area contributed by atoms with Gasteiger partial charge in [0.2, 0.25) is 5.82 Å². The van der Waals surface area contributed by atoms with Crippen LogP contribution in [0.15, 0.2) is 24.3 Å². The Hall–Kier alpha value is -2.71. The van der Waals surface area contributed by atoms with Crippen molar-refractivity contribution in [1.82, 2.24) is 4.90 Å². The zero-order chi connectivity index (χ0) is 19.0. The quantitative estimate of drug-likeness (QED) is 0.457. The number of para-hydroxylation sites is 1. The molecule has 0 bridgehead atoms. The molecule has 2 aromatic rings. The molecule has 1 aliphatic rings. The monoisotopic (exact) mass is 374 g/mol. The topological polar surface area (TPSA) is 23.6 Å². The van der Waals surface area contributed by atoms with E-state index in [1.165, 1.54) is 18.2 Å². The first kappa shape index (κ1) is 18.1. The van der Waals surface area contributed by atoms with Crippen LogP contribution < -0.4 is 4.90 Å². The summed E-state index contributed by atoms with van der Waals surface area (Å²) in [5, 5.41) is 0.